The predicted octanol–water partition coefficient (Wildman–Crippen LogP) is 3.40. The Labute approximate surface area is 103 Å². The average Bonchev–Trinajstić information content (AvgIpc) is 2.25. The summed E-state index contributed by atoms with van der Waals surface area (Å²) in [5, 5.41) is 0. The first-order valence-electron chi connectivity index (χ1n) is 4.33. The third kappa shape index (κ3) is 1.84. The summed E-state index contributed by atoms with van der Waals surface area (Å²) in [6, 6.07) is 0.0879. The Bertz CT molecular complexity index is 257. The van der Waals surface area contributed by atoms with Gasteiger partial charge in [0.05, 0.1) is 0 Å². The smallest absolute Gasteiger partial charge is 0.257 e. The van der Waals surface area contributed by atoms with E-state index in [4.69, 9.17) is 34.8 Å². The third-order valence-corrected chi connectivity index (χ3v) is 5.63. The molecule has 2 unspecified atom stereocenters. The topological polar surface area (TPSA) is 20.3 Å². The van der Waals surface area contributed by atoms with Crippen LogP contribution in [0.4, 0.5) is 0 Å². The molecule has 1 saturated heterocycles. The molecule has 1 amide bonds. The molecule has 0 spiro atoms. The zero-order chi connectivity index (χ0) is 11.1. The highest BCUT2D eigenvalue weighted by Crippen LogP contribution is 2.56. The highest BCUT2D eigenvalue weighted by molar-refractivity contribution is 8.02. The number of amides is 1. The van der Waals surface area contributed by atoms with Crippen LogP contribution in [-0.2, 0) is 4.79 Å². The van der Waals surface area contributed by atoms with E-state index in [0.29, 0.717) is 0 Å². The fourth-order valence-electron chi connectivity index (χ4n) is 1.04. The molecule has 0 saturated carbocycles. The summed E-state index contributed by atoms with van der Waals surface area (Å²) >= 11 is 19.1. The lowest BCUT2D eigenvalue weighted by molar-refractivity contribution is -0.128. The van der Waals surface area contributed by atoms with Gasteiger partial charge in [-0.15, -0.1) is 11.6 Å². The molecule has 0 aliphatic carbocycles. The van der Waals surface area contributed by atoms with Gasteiger partial charge in [-0.2, -0.15) is 0 Å². The van der Waals surface area contributed by atoms with E-state index in [1.807, 2.05) is 13.8 Å². The quantitative estimate of drug-likeness (QED) is 0.569. The van der Waals surface area contributed by atoms with Crippen molar-refractivity contribution in [1.29, 1.82) is 0 Å². The molecule has 1 aliphatic heterocycles. The summed E-state index contributed by atoms with van der Waals surface area (Å²) in [6.07, 6.45) is 0.843. The molecular weight excluding hydrogens is 265 g/mol. The summed E-state index contributed by atoms with van der Waals surface area (Å²) in [5.74, 6) is -0.219. The Balaban J connectivity index is 2.94. The Morgan fingerprint density at radius 2 is 2.00 bits per heavy atom. The van der Waals surface area contributed by atoms with Crippen LogP contribution in [-0.4, -0.2) is 24.8 Å². The van der Waals surface area contributed by atoms with Gasteiger partial charge in [0.2, 0.25) is 3.67 Å². The second-order valence-electron chi connectivity index (χ2n) is 3.50. The van der Waals surface area contributed by atoms with Crippen molar-refractivity contribution >= 4 is 52.7 Å². The van der Waals surface area contributed by atoms with Crippen LogP contribution in [0.25, 0.3) is 0 Å². The lowest BCUT2D eigenvalue weighted by Gasteiger charge is -2.21. The number of hydrogen-bond donors (Lipinski definition) is 0. The standard InChI is InChI=1S/C8H12Cl3NOS/c1-4-5(2)12-6(13)7(3,9)8(10,11)14-12/h5H,4H2,1-3H3. The lowest BCUT2D eigenvalue weighted by atomic mass is 10.1. The zero-order valence-corrected chi connectivity index (χ0v) is 11.3. The van der Waals surface area contributed by atoms with Crippen LogP contribution < -0.4 is 0 Å². The molecule has 0 aromatic rings. The summed E-state index contributed by atoms with van der Waals surface area (Å²) in [4.78, 5) is 10.6. The molecule has 0 aromatic heterocycles. The number of halogens is 3. The largest absolute Gasteiger partial charge is 0.279 e. The molecular formula is C8H12Cl3NOS. The van der Waals surface area contributed by atoms with Crippen molar-refractivity contribution in [3.8, 4) is 0 Å². The van der Waals surface area contributed by atoms with Crippen molar-refractivity contribution in [2.75, 3.05) is 0 Å². The highest BCUT2D eigenvalue weighted by atomic mass is 35.5. The van der Waals surface area contributed by atoms with Crippen molar-refractivity contribution in [2.45, 2.75) is 41.8 Å². The molecule has 1 rings (SSSR count). The normalized spacial score (nSPS) is 33.6. The minimum absolute atomic E-state index is 0.0879. The first-order valence-corrected chi connectivity index (χ1v) is 6.24. The van der Waals surface area contributed by atoms with Gasteiger partial charge in [0.1, 0.15) is 0 Å². The number of carbonyl (C=O) groups excluding carboxylic acids is 1. The molecule has 0 radical (unpaired) electrons. The maximum absolute atomic E-state index is 11.8. The highest BCUT2D eigenvalue weighted by Gasteiger charge is 2.61. The summed E-state index contributed by atoms with van der Waals surface area (Å²) in [5.41, 5.74) is 0. The number of carbonyl (C=O) groups is 1. The van der Waals surface area contributed by atoms with E-state index in [1.165, 1.54) is 0 Å². The van der Waals surface area contributed by atoms with Gasteiger partial charge in [0.15, 0.2) is 4.87 Å². The molecule has 82 valence electrons. The van der Waals surface area contributed by atoms with Gasteiger partial charge in [-0.25, -0.2) is 0 Å². The van der Waals surface area contributed by atoms with E-state index in [0.717, 1.165) is 18.4 Å². The lowest BCUT2D eigenvalue weighted by Crippen LogP contribution is -2.41. The van der Waals surface area contributed by atoms with Gasteiger partial charge < -0.3 is 0 Å². The molecule has 2 nitrogen and oxygen atoms in total. The molecule has 0 bridgehead atoms. The van der Waals surface area contributed by atoms with Crippen LogP contribution in [0.1, 0.15) is 27.2 Å². The van der Waals surface area contributed by atoms with Gasteiger partial charge in [0.25, 0.3) is 5.91 Å². The van der Waals surface area contributed by atoms with E-state index >= 15 is 0 Å². The Hall–Kier alpha value is 0.690. The zero-order valence-electron chi connectivity index (χ0n) is 8.18. The molecule has 1 heterocycles. The Morgan fingerprint density at radius 3 is 2.29 bits per heavy atom. The molecule has 1 aliphatic rings. The number of rotatable bonds is 2. The van der Waals surface area contributed by atoms with Gasteiger partial charge in [0, 0.05) is 6.04 Å². The van der Waals surface area contributed by atoms with E-state index in [9.17, 15) is 4.79 Å². The van der Waals surface area contributed by atoms with Crippen molar-refractivity contribution in [2.24, 2.45) is 0 Å². The predicted molar refractivity (Wildman–Crippen MR) is 62.9 cm³/mol. The second-order valence-corrected chi connectivity index (χ2v) is 7.22. The molecule has 2 atom stereocenters. The summed E-state index contributed by atoms with van der Waals surface area (Å²) < 4.78 is 0.280. The first kappa shape index (κ1) is 12.8. The van der Waals surface area contributed by atoms with Gasteiger partial charge >= 0.3 is 0 Å². The molecule has 0 aromatic carbocycles. The second kappa shape index (κ2) is 3.93. The number of alkyl halides is 3. The minimum atomic E-state index is -1.28. The third-order valence-electron chi connectivity index (χ3n) is 2.35. The van der Waals surface area contributed by atoms with E-state index in [2.05, 4.69) is 0 Å². The number of nitrogens with zero attached hydrogens (tertiary/aromatic N) is 1. The van der Waals surface area contributed by atoms with Crippen LogP contribution in [0.3, 0.4) is 0 Å². The van der Waals surface area contributed by atoms with E-state index < -0.39 is 8.54 Å². The van der Waals surface area contributed by atoms with Crippen LogP contribution in [0.5, 0.6) is 0 Å². The van der Waals surface area contributed by atoms with Crippen molar-refractivity contribution in [3.05, 3.63) is 0 Å². The van der Waals surface area contributed by atoms with Crippen LogP contribution in [0, 0.1) is 0 Å². The van der Waals surface area contributed by atoms with Crippen LogP contribution >= 0.6 is 46.8 Å². The molecule has 1 fully saturated rings. The van der Waals surface area contributed by atoms with E-state index in [1.54, 1.807) is 11.2 Å². The Morgan fingerprint density at radius 1 is 1.50 bits per heavy atom. The fraction of sp³-hybridized carbons (Fsp3) is 0.875. The van der Waals surface area contributed by atoms with Gasteiger partial charge in [-0.1, -0.05) is 30.1 Å². The van der Waals surface area contributed by atoms with Crippen molar-refractivity contribution in [1.82, 2.24) is 4.31 Å². The maximum Gasteiger partial charge on any atom is 0.257 e. The molecule has 14 heavy (non-hydrogen) atoms. The van der Waals surface area contributed by atoms with Gasteiger partial charge in [-0.05, 0) is 32.2 Å². The maximum atomic E-state index is 11.8. The van der Waals surface area contributed by atoms with Crippen molar-refractivity contribution < 1.29 is 4.79 Å². The SMILES string of the molecule is CCC(C)N1SC(Cl)(Cl)C(C)(Cl)C1=O. The van der Waals surface area contributed by atoms with Crippen molar-refractivity contribution in [3.63, 3.8) is 0 Å². The average molecular weight is 277 g/mol. The fourth-order valence-corrected chi connectivity index (χ4v) is 2.99. The number of hydrogen-bond acceptors (Lipinski definition) is 2. The minimum Gasteiger partial charge on any atom is -0.279 e. The summed E-state index contributed by atoms with van der Waals surface area (Å²) in [7, 11) is 0. The Kier molecular flexibility index (Phi) is 3.58. The van der Waals surface area contributed by atoms with Gasteiger partial charge in [-0.3, -0.25) is 9.10 Å². The molecule has 0 N–H and O–H groups in total. The van der Waals surface area contributed by atoms with Crippen LogP contribution in [0.15, 0.2) is 0 Å². The summed E-state index contributed by atoms with van der Waals surface area (Å²) in [6.45, 7) is 5.48. The molecule has 6 heteroatoms. The monoisotopic (exact) mass is 275 g/mol. The van der Waals surface area contributed by atoms with Crippen LogP contribution in [0.2, 0.25) is 0 Å². The van der Waals surface area contributed by atoms with E-state index in [-0.39, 0.29) is 11.9 Å². The first-order chi connectivity index (χ1) is 6.24.